The van der Waals surface area contributed by atoms with E-state index in [1.807, 2.05) is 20.0 Å². The first-order valence-electron chi connectivity index (χ1n) is 5.89. The quantitative estimate of drug-likeness (QED) is 0.776. The van der Waals surface area contributed by atoms with Gasteiger partial charge in [-0.3, -0.25) is 0 Å². The molecule has 2 aromatic rings. The van der Waals surface area contributed by atoms with Gasteiger partial charge in [-0.15, -0.1) is 10.2 Å². The van der Waals surface area contributed by atoms with Gasteiger partial charge in [-0.2, -0.15) is 0 Å². The van der Waals surface area contributed by atoms with Crippen LogP contribution in [0.4, 0.5) is 0 Å². The van der Waals surface area contributed by atoms with Crippen molar-refractivity contribution in [2.24, 2.45) is 0 Å². The summed E-state index contributed by atoms with van der Waals surface area (Å²) in [5.41, 5.74) is 0.903. The lowest BCUT2D eigenvalue weighted by molar-refractivity contribution is 0.488. The van der Waals surface area contributed by atoms with Crippen LogP contribution in [0, 0.1) is 0 Å². The molecule has 0 radical (unpaired) electrons. The molecule has 2 aromatic heterocycles. The van der Waals surface area contributed by atoms with Crippen molar-refractivity contribution in [3.8, 4) is 11.5 Å². The Morgan fingerprint density at radius 2 is 2.24 bits per heavy atom. The topological polar surface area (TPSA) is 64.1 Å². The van der Waals surface area contributed by atoms with Crippen molar-refractivity contribution in [2.75, 3.05) is 13.6 Å². The summed E-state index contributed by atoms with van der Waals surface area (Å²) in [6.07, 6.45) is 4.26. The Bertz CT molecular complexity index is 462. The number of furan rings is 1. The third kappa shape index (κ3) is 2.74. The van der Waals surface area contributed by atoms with Crippen LogP contribution in [0.5, 0.6) is 0 Å². The summed E-state index contributed by atoms with van der Waals surface area (Å²) in [6, 6.07) is 1.86. The Morgan fingerprint density at radius 1 is 1.35 bits per heavy atom. The van der Waals surface area contributed by atoms with Gasteiger partial charge >= 0.3 is 0 Å². The third-order valence-electron chi connectivity index (χ3n) is 2.58. The Kier molecular flexibility index (Phi) is 3.93. The maximum absolute atomic E-state index is 5.61. The molecule has 0 aliphatic rings. The highest BCUT2D eigenvalue weighted by molar-refractivity contribution is 5.54. The van der Waals surface area contributed by atoms with E-state index in [1.165, 1.54) is 0 Å². The van der Waals surface area contributed by atoms with Crippen LogP contribution >= 0.6 is 0 Å². The lowest BCUT2D eigenvalue weighted by Crippen LogP contribution is -2.08. The normalized spacial score (nSPS) is 10.9. The van der Waals surface area contributed by atoms with E-state index in [1.54, 1.807) is 6.26 Å². The van der Waals surface area contributed by atoms with Gasteiger partial charge in [-0.1, -0.05) is 6.92 Å². The molecule has 0 fully saturated rings. The smallest absolute Gasteiger partial charge is 0.251 e. The number of hydrogen-bond acceptors (Lipinski definition) is 5. The van der Waals surface area contributed by atoms with Crippen LogP contribution in [0.3, 0.4) is 0 Å². The molecular weight excluding hydrogens is 218 g/mol. The maximum atomic E-state index is 5.61. The fourth-order valence-corrected chi connectivity index (χ4v) is 1.68. The SMILES string of the molecule is CCc1occc1-c1nnc(CCCNC)o1. The van der Waals surface area contributed by atoms with E-state index in [0.29, 0.717) is 11.8 Å². The minimum Gasteiger partial charge on any atom is -0.469 e. The van der Waals surface area contributed by atoms with E-state index in [9.17, 15) is 0 Å². The van der Waals surface area contributed by atoms with Gasteiger partial charge in [0.1, 0.15) is 5.76 Å². The van der Waals surface area contributed by atoms with Crippen molar-refractivity contribution in [3.05, 3.63) is 24.0 Å². The van der Waals surface area contributed by atoms with Gasteiger partial charge in [0.05, 0.1) is 11.8 Å². The molecule has 0 saturated carbocycles. The minimum absolute atomic E-state index is 0.551. The molecule has 5 heteroatoms. The maximum Gasteiger partial charge on any atom is 0.251 e. The van der Waals surface area contributed by atoms with Gasteiger partial charge in [-0.05, 0) is 26.1 Å². The largest absolute Gasteiger partial charge is 0.469 e. The molecule has 0 spiro atoms. The van der Waals surface area contributed by atoms with E-state index >= 15 is 0 Å². The first kappa shape index (κ1) is 11.9. The average Bonchev–Trinajstić information content (AvgIpc) is 2.96. The van der Waals surface area contributed by atoms with Crippen LogP contribution in [0.2, 0.25) is 0 Å². The second kappa shape index (κ2) is 5.63. The summed E-state index contributed by atoms with van der Waals surface area (Å²) in [5.74, 6) is 2.11. The van der Waals surface area contributed by atoms with E-state index in [-0.39, 0.29) is 0 Å². The second-order valence-electron chi connectivity index (χ2n) is 3.82. The lowest BCUT2D eigenvalue weighted by Gasteiger charge is -1.95. The monoisotopic (exact) mass is 235 g/mol. The summed E-state index contributed by atoms with van der Waals surface area (Å²) < 4.78 is 10.9. The van der Waals surface area contributed by atoms with Crippen LogP contribution in [0.25, 0.3) is 11.5 Å². The second-order valence-corrected chi connectivity index (χ2v) is 3.82. The standard InChI is InChI=1S/C12H17N3O2/c1-3-10-9(6-8-16-10)12-15-14-11(17-12)5-4-7-13-2/h6,8,13H,3-5,7H2,1-2H3. The molecule has 2 rings (SSSR count). The fraction of sp³-hybridized carbons (Fsp3) is 0.500. The Morgan fingerprint density at radius 3 is 3.00 bits per heavy atom. The first-order valence-corrected chi connectivity index (χ1v) is 5.89. The van der Waals surface area contributed by atoms with Gasteiger partial charge in [0, 0.05) is 12.8 Å². The van der Waals surface area contributed by atoms with Crippen LogP contribution in [-0.2, 0) is 12.8 Å². The van der Waals surface area contributed by atoms with Crippen molar-refractivity contribution in [2.45, 2.75) is 26.2 Å². The molecule has 2 heterocycles. The van der Waals surface area contributed by atoms with Gasteiger partial charge in [0.25, 0.3) is 5.89 Å². The highest BCUT2D eigenvalue weighted by Crippen LogP contribution is 2.24. The first-order chi connectivity index (χ1) is 8.35. The molecular formula is C12H17N3O2. The fourth-order valence-electron chi connectivity index (χ4n) is 1.68. The molecule has 0 aliphatic carbocycles. The van der Waals surface area contributed by atoms with Crippen LogP contribution in [0.1, 0.15) is 25.0 Å². The van der Waals surface area contributed by atoms with Gasteiger partial charge < -0.3 is 14.2 Å². The van der Waals surface area contributed by atoms with Gasteiger partial charge in [0.2, 0.25) is 5.89 Å². The molecule has 0 amide bonds. The Labute approximate surface area is 100 Å². The molecule has 17 heavy (non-hydrogen) atoms. The number of hydrogen-bond donors (Lipinski definition) is 1. The van der Waals surface area contributed by atoms with E-state index in [0.717, 1.165) is 37.1 Å². The number of nitrogens with zero attached hydrogens (tertiary/aromatic N) is 2. The number of aryl methyl sites for hydroxylation is 2. The van der Waals surface area contributed by atoms with Crippen molar-refractivity contribution in [1.82, 2.24) is 15.5 Å². The lowest BCUT2D eigenvalue weighted by atomic mass is 10.2. The minimum atomic E-state index is 0.551. The molecule has 0 aromatic carbocycles. The van der Waals surface area contributed by atoms with Crippen molar-refractivity contribution in [1.29, 1.82) is 0 Å². The molecule has 0 bridgehead atoms. The van der Waals surface area contributed by atoms with E-state index in [4.69, 9.17) is 8.83 Å². The van der Waals surface area contributed by atoms with E-state index in [2.05, 4.69) is 15.5 Å². The number of rotatable bonds is 6. The highest BCUT2D eigenvalue weighted by atomic mass is 16.4. The zero-order chi connectivity index (χ0) is 12.1. The van der Waals surface area contributed by atoms with Crippen molar-refractivity contribution >= 4 is 0 Å². The summed E-state index contributed by atoms with van der Waals surface area (Å²) in [7, 11) is 1.93. The van der Waals surface area contributed by atoms with Gasteiger partial charge in [0.15, 0.2) is 0 Å². The number of aromatic nitrogens is 2. The van der Waals surface area contributed by atoms with Gasteiger partial charge in [-0.25, -0.2) is 0 Å². The molecule has 0 saturated heterocycles. The molecule has 5 nitrogen and oxygen atoms in total. The van der Waals surface area contributed by atoms with Crippen molar-refractivity contribution < 1.29 is 8.83 Å². The predicted molar refractivity (Wildman–Crippen MR) is 63.6 cm³/mol. The summed E-state index contributed by atoms with van der Waals surface area (Å²) >= 11 is 0. The Balaban J connectivity index is 2.07. The van der Waals surface area contributed by atoms with Crippen LogP contribution in [0.15, 0.2) is 21.2 Å². The van der Waals surface area contributed by atoms with Crippen LogP contribution in [-0.4, -0.2) is 23.8 Å². The predicted octanol–water partition coefficient (Wildman–Crippen LogP) is 2.04. The van der Waals surface area contributed by atoms with Crippen LogP contribution < -0.4 is 5.32 Å². The van der Waals surface area contributed by atoms with E-state index < -0.39 is 0 Å². The summed E-state index contributed by atoms with van der Waals surface area (Å²) in [4.78, 5) is 0. The number of nitrogens with one attached hydrogen (secondary N) is 1. The van der Waals surface area contributed by atoms with Crippen molar-refractivity contribution in [3.63, 3.8) is 0 Å². The molecule has 0 atom stereocenters. The third-order valence-corrected chi connectivity index (χ3v) is 2.58. The average molecular weight is 235 g/mol. The zero-order valence-corrected chi connectivity index (χ0v) is 10.2. The molecule has 0 aliphatic heterocycles. The molecule has 92 valence electrons. The summed E-state index contributed by atoms with van der Waals surface area (Å²) in [6.45, 7) is 2.98. The summed E-state index contributed by atoms with van der Waals surface area (Å²) in [5, 5.41) is 11.2. The zero-order valence-electron chi connectivity index (χ0n) is 10.2. The highest BCUT2D eigenvalue weighted by Gasteiger charge is 2.13. The molecule has 0 unspecified atom stereocenters. The molecule has 1 N–H and O–H groups in total. The Hall–Kier alpha value is -1.62.